The van der Waals surface area contributed by atoms with Crippen LogP contribution in [0.25, 0.3) is 0 Å². The number of amides is 1. The molecule has 1 amide bonds. The summed E-state index contributed by atoms with van der Waals surface area (Å²) in [6.45, 7) is 1.16. The summed E-state index contributed by atoms with van der Waals surface area (Å²) in [4.78, 5) is 16.5. The van der Waals surface area contributed by atoms with Crippen LogP contribution in [0.2, 0.25) is 0 Å². The van der Waals surface area contributed by atoms with Gasteiger partial charge in [0, 0.05) is 18.3 Å². The van der Waals surface area contributed by atoms with Gasteiger partial charge >= 0.3 is 0 Å². The number of hydrogen-bond donors (Lipinski definition) is 3. The van der Waals surface area contributed by atoms with Crippen LogP contribution >= 0.6 is 0 Å². The second kappa shape index (κ2) is 8.15. The molecule has 1 aromatic carbocycles. The van der Waals surface area contributed by atoms with Gasteiger partial charge in [-0.05, 0) is 43.4 Å². The zero-order valence-corrected chi connectivity index (χ0v) is 14.0. The van der Waals surface area contributed by atoms with E-state index in [1.54, 1.807) is 0 Å². The summed E-state index contributed by atoms with van der Waals surface area (Å²) in [5.74, 6) is 0.422. The molecule has 0 spiro atoms. The number of guanidine groups is 1. The van der Waals surface area contributed by atoms with Crippen molar-refractivity contribution in [2.45, 2.75) is 57.2 Å². The van der Waals surface area contributed by atoms with Gasteiger partial charge in [0.15, 0.2) is 5.96 Å². The molecular formula is C18H26N4O2. The molecule has 4 N–H and O–H groups in total. The van der Waals surface area contributed by atoms with Gasteiger partial charge in [0.2, 0.25) is 0 Å². The van der Waals surface area contributed by atoms with Crippen LogP contribution in [0.1, 0.15) is 44.1 Å². The third kappa shape index (κ3) is 4.71. The van der Waals surface area contributed by atoms with Crippen molar-refractivity contribution in [1.82, 2.24) is 5.32 Å². The molecule has 0 bridgehead atoms. The van der Waals surface area contributed by atoms with Gasteiger partial charge in [-0.15, -0.1) is 0 Å². The Hall–Kier alpha value is -2.08. The van der Waals surface area contributed by atoms with Crippen LogP contribution in [0, 0.1) is 0 Å². The molecular weight excluding hydrogens is 304 g/mol. The van der Waals surface area contributed by atoms with Gasteiger partial charge in [-0.3, -0.25) is 4.79 Å². The Morgan fingerprint density at radius 2 is 2.08 bits per heavy atom. The van der Waals surface area contributed by atoms with E-state index in [0.29, 0.717) is 25.2 Å². The molecule has 24 heavy (non-hydrogen) atoms. The predicted molar refractivity (Wildman–Crippen MR) is 94.8 cm³/mol. The fourth-order valence-electron chi connectivity index (χ4n) is 3.26. The van der Waals surface area contributed by atoms with Crippen molar-refractivity contribution in [2.24, 2.45) is 10.7 Å². The highest BCUT2D eigenvalue weighted by atomic mass is 16.5. The third-order valence-corrected chi connectivity index (χ3v) is 4.56. The molecule has 6 nitrogen and oxygen atoms in total. The molecule has 0 radical (unpaired) electrons. The van der Waals surface area contributed by atoms with Crippen molar-refractivity contribution in [3.05, 3.63) is 29.8 Å². The molecule has 2 fully saturated rings. The number of carbonyl (C=O) groups is 1. The van der Waals surface area contributed by atoms with Crippen molar-refractivity contribution in [1.29, 1.82) is 0 Å². The molecule has 1 aliphatic carbocycles. The first-order valence-electron chi connectivity index (χ1n) is 8.78. The van der Waals surface area contributed by atoms with Gasteiger partial charge < -0.3 is 21.1 Å². The summed E-state index contributed by atoms with van der Waals surface area (Å²) in [7, 11) is 0. The van der Waals surface area contributed by atoms with Crippen LogP contribution in [0.3, 0.4) is 0 Å². The number of rotatable bonds is 5. The molecule has 1 unspecified atom stereocenters. The van der Waals surface area contributed by atoms with Crippen LogP contribution in [0.4, 0.5) is 5.69 Å². The van der Waals surface area contributed by atoms with E-state index in [0.717, 1.165) is 24.1 Å². The number of nitrogens with one attached hydrogen (secondary N) is 2. The fraction of sp³-hybridized carbons (Fsp3) is 0.556. The molecule has 130 valence electrons. The van der Waals surface area contributed by atoms with E-state index in [4.69, 9.17) is 10.5 Å². The second-order valence-corrected chi connectivity index (χ2v) is 6.52. The topological polar surface area (TPSA) is 88.7 Å². The number of hydrogen-bond acceptors (Lipinski definition) is 3. The Kier molecular flexibility index (Phi) is 5.69. The normalized spacial score (nSPS) is 21.8. The summed E-state index contributed by atoms with van der Waals surface area (Å²) < 4.78 is 5.40. The Morgan fingerprint density at radius 3 is 2.83 bits per heavy atom. The molecule has 1 heterocycles. The highest BCUT2D eigenvalue weighted by molar-refractivity contribution is 5.94. The summed E-state index contributed by atoms with van der Waals surface area (Å²) in [6.07, 6.45) is 6.27. The summed E-state index contributed by atoms with van der Waals surface area (Å²) in [6, 6.07) is 8.16. The minimum Gasteiger partial charge on any atom is -0.370 e. The zero-order chi connectivity index (χ0) is 16.8. The number of anilines is 1. The highest BCUT2D eigenvalue weighted by Gasteiger charge is 2.23. The van der Waals surface area contributed by atoms with E-state index in [-0.39, 0.29) is 12.0 Å². The molecule has 1 saturated carbocycles. The maximum atomic E-state index is 12.1. The summed E-state index contributed by atoms with van der Waals surface area (Å²) in [5, 5.41) is 6.19. The van der Waals surface area contributed by atoms with E-state index in [1.165, 1.54) is 25.7 Å². The summed E-state index contributed by atoms with van der Waals surface area (Å²) >= 11 is 0. The first kappa shape index (κ1) is 16.8. The quantitative estimate of drug-likeness (QED) is 0.570. The third-order valence-electron chi connectivity index (χ3n) is 4.56. The fourth-order valence-corrected chi connectivity index (χ4v) is 3.26. The molecule has 6 heteroatoms. The first-order chi connectivity index (χ1) is 11.7. The Balaban J connectivity index is 1.53. The number of nitrogens with two attached hydrogens (primary N) is 1. The maximum absolute atomic E-state index is 12.1. The minimum absolute atomic E-state index is 0.0736. The van der Waals surface area contributed by atoms with Crippen molar-refractivity contribution < 1.29 is 9.53 Å². The lowest BCUT2D eigenvalue weighted by Crippen LogP contribution is -2.38. The van der Waals surface area contributed by atoms with E-state index in [2.05, 4.69) is 15.6 Å². The van der Waals surface area contributed by atoms with Crippen LogP contribution < -0.4 is 16.4 Å². The lowest BCUT2D eigenvalue weighted by Gasteiger charge is -2.13. The molecule has 1 aromatic rings. The Morgan fingerprint density at radius 1 is 1.25 bits per heavy atom. The monoisotopic (exact) mass is 330 g/mol. The highest BCUT2D eigenvalue weighted by Crippen LogP contribution is 2.18. The molecule has 1 saturated heterocycles. The molecule has 2 aliphatic rings. The van der Waals surface area contributed by atoms with Crippen molar-refractivity contribution in [3.63, 3.8) is 0 Å². The van der Waals surface area contributed by atoms with E-state index in [9.17, 15) is 4.79 Å². The van der Waals surface area contributed by atoms with Crippen molar-refractivity contribution in [2.75, 3.05) is 11.9 Å². The first-order valence-corrected chi connectivity index (χ1v) is 8.78. The second-order valence-electron chi connectivity index (χ2n) is 6.52. The van der Waals surface area contributed by atoms with Crippen molar-refractivity contribution in [3.8, 4) is 0 Å². The van der Waals surface area contributed by atoms with E-state index in [1.807, 2.05) is 24.3 Å². The van der Waals surface area contributed by atoms with Crippen LogP contribution in [-0.2, 0) is 16.1 Å². The average Bonchev–Trinajstić information content (AvgIpc) is 3.27. The standard InChI is InChI=1S/C18H26N4O2/c19-18(22-14-6-1-2-7-14)20-12-13-5-3-8-15(11-13)21-17(23)16-9-4-10-24-16/h3,5,8,11,14,16H,1-2,4,6-7,9-10,12H2,(H,21,23)(H3,19,20,22). The molecule has 3 rings (SSSR count). The molecule has 1 atom stereocenters. The van der Waals surface area contributed by atoms with Gasteiger partial charge in [-0.25, -0.2) is 4.99 Å². The Labute approximate surface area is 142 Å². The van der Waals surface area contributed by atoms with Gasteiger partial charge in [-0.1, -0.05) is 25.0 Å². The van der Waals surface area contributed by atoms with Gasteiger partial charge in [0.25, 0.3) is 5.91 Å². The number of nitrogens with zero attached hydrogens (tertiary/aromatic N) is 1. The minimum atomic E-state index is -0.321. The van der Waals surface area contributed by atoms with Crippen LogP contribution in [0.15, 0.2) is 29.3 Å². The van der Waals surface area contributed by atoms with Gasteiger partial charge in [-0.2, -0.15) is 0 Å². The van der Waals surface area contributed by atoms with E-state index < -0.39 is 0 Å². The van der Waals surface area contributed by atoms with E-state index >= 15 is 0 Å². The lowest BCUT2D eigenvalue weighted by molar-refractivity contribution is -0.124. The number of ether oxygens (including phenoxy) is 1. The number of aliphatic imine (C=N–C) groups is 1. The largest absolute Gasteiger partial charge is 0.370 e. The Bertz CT molecular complexity index is 590. The van der Waals surface area contributed by atoms with Gasteiger partial charge in [0.1, 0.15) is 6.10 Å². The molecule has 0 aromatic heterocycles. The summed E-state index contributed by atoms with van der Waals surface area (Å²) in [5.41, 5.74) is 7.73. The predicted octanol–water partition coefficient (Wildman–Crippen LogP) is 2.15. The van der Waals surface area contributed by atoms with Gasteiger partial charge in [0.05, 0.1) is 6.54 Å². The number of carbonyl (C=O) groups excluding carboxylic acids is 1. The smallest absolute Gasteiger partial charge is 0.253 e. The lowest BCUT2D eigenvalue weighted by atomic mass is 10.2. The average molecular weight is 330 g/mol. The SMILES string of the molecule is NC(=NCc1cccc(NC(=O)C2CCCO2)c1)NC1CCCC1. The molecule has 1 aliphatic heterocycles. The van der Waals surface area contributed by atoms with Crippen molar-refractivity contribution >= 4 is 17.6 Å². The van der Waals surface area contributed by atoms with Crippen LogP contribution in [-0.4, -0.2) is 30.6 Å². The maximum Gasteiger partial charge on any atom is 0.253 e. The zero-order valence-electron chi connectivity index (χ0n) is 14.0. The van der Waals surface area contributed by atoms with Crippen LogP contribution in [0.5, 0.6) is 0 Å². The number of benzene rings is 1.